The fourth-order valence-corrected chi connectivity index (χ4v) is 5.99. The molecule has 2 amide bonds. The van der Waals surface area contributed by atoms with Crippen LogP contribution in [0.4, 0.5) is 26.3 Å². The zero-order chi connectivity index (χ0) is 29.5. The molecule has 1 aromatic rings. The summed E-state index contributed by atoms with van der Waals surface area (Å²) in [4.78, 5) is 40.4. The summed E-state index contributed by atoms with van der Waals surface area (Å²) in [5, 5.41) is 0. The van der Waals surface area contributed by atoms with Gasteiger partial charge in [0.25, 0.3) is 0 Å². The van der Waals surface area contributed by atoms with Crippen molar-refractivity contribution in [2.45, 2.75) is 83.0 Å². The summed E-state index contributed by atoms with van der Waals surface area (Å²) in [6.07, 6.45) is -10.7. The SMILES string of the molecule is CC(=O)O[C@H](C)[C@]1(C(=O)N2COc3ccc(C(F)(F)F)cc3C2)CC[C@@H](N(C(=O)C(F)(F)F)C2CCOCC2)C1. The molecule has 0 aromatic heterocycles. The maximum absolute atomic E-state index is 14.0. The Labute approximate surface area is 226 Å². The predicted octanol–water partition coefficient (Wildman–Crippen LogP) is 4.44. The highest BCUT2D eigenvalue weighted by Gasteiger charge is 2.57. The van der Waals surface area contributed by atoms with E-state index < -0.39 is 59.3 Å². The highest BCUT2D eigenvalue weighted by atomic mass is 19.4. The average molecular weight is 581 g/mol. The maximum Gasteiger partial charge on any atom is 0.471 e. The van der Waals surface area contributed by atoms with Crippen molar-refractivity contribution in [3.63, 3.8) is 0 Å². The van der Waals surface area contributed by atoms with E-state index >= 15 is 0 Å². The number of carbonyl (C=O) groups is 3. The molecule has 2 aliphatic heterocycles. The van der Waals surface area contributed by atoms with Crippen LogP contribution < -0.4 is 4.74 Å². The van der Waals surface area contributed by atoms with Gasteiger partial charge in [0.05, 0.1) is 17.5 Å². The Hall–Kier alpha value is -3.03. The number of hydrogen-bond donors (Lipinski definition) is 0. The van der Waals surface area contributed by atoms with E-state index in [1.807, 2.05) is 0 Å². The van der Waals surface area contributed by atoms with Gasteiger partial charge in [0.15, 0.2) is 6.73 Å². The number of esters is 1. The van der Waals surface area contributed by atoms with E-state index in [4.69, 9.17) is 14.2 Å². The van der Waals surface area contributed by atoms with Gasteiger partial charge in [-0.3, -0.25) is 14.4 Å². The molecular formula is C26H30F6N2O6. The molecule has 0 spiro atoms. The van der Waals surface area contributed by atoms with Crippen molar-refractivity contribution in [2.75, 3.05) is 19.9 Å². The summed E-state index contributed by atoms with van der Waals surface area (Å²) in [6, 6.07) is 1.16. The molecule has 4 rings (SSSR count). The van der Waals surface area contributed by atoms with Crippen LogP contribution in [0.3, 0.4) is 0 Å². The van der Waals surface area contributed by atoms with Gasteiger partial charge in [0, 0.05) is 37.8 Å². The Kier molecular flexibility index (Phi) is 8.30. The minimum Gasteiger partial charge on any atom is -0.473 e. The number of hydrogen-bond acceptors (Lipinski definition) is 6. The predicted molar refractivity (Wildman–Crippen MR) is 126 cm³/mol. The largest absolute Gasteiger partial charge is 0.473 e. The van der Waals surface area contributed by atoms with E-state index in [1.165, 1.54) is 6.92 Å². The third-order valence-electron chi connectivity index (χ3n) is 7.94. The molecule has 40 heavy (non-hydrogen) atoms. The first-order valence-electron chi connectivity index (χ1n) is 12.9. The van der Waals surface area contributed by atoms with Gasteiger partial charge in [-0.05, 0) is 57.2 Å². The summed E-state index contributed by atoms with van der Waals surface area (Å²) in [6.45, 7) is 2.37. The fraction of sp³-hybridized carbons (Fsp3) is 0.654. The highest BCUT2D eigenvalue weighted by Crippen LogP contribution is 2.48. The number of carbonyl (C=O) groups excluding carboxylic acids is 3. The number of fused-ring (bicyclic) bond motifs is 1. The lowest BCUT2D eigenvalue weighted by Crippen LogP contribution is -2.55. The second kappa shape index (κ2) is 11.1. The van der Waals surface area contributed by atoms with E-state index in [2.05, 4.69) is 0 Å². The molecule has 14 heteroatoms. The van der Waals surface area contributed by atoms with E-state index in [1.54, 1.807) is 0 Å². The van der Waals surface area contributed by atoms with Gasteiger partial charge in [-0.2, -0.15) is 26.3 Å². The maximum atomic E-state index is 14.0. The molecule has 1 aliphatic carbocycles. The fourth-order valence-electron chi connectivity index (χ4n) is 5.99. The normalized spacial score (nSPS) is 24.6. The molecule has 0 unspecified atom stereocenters. The van der Waals surface area contributed by atoms with Crippen molar-refractivity contribution in [2.24, 2.45) is 5.41 Å². The van der Waals surface area contributed by atoms with Crippen molar-refractivity contribution < 1.29 is 54.9 Å². The van der Waals surface area contributed by atoms with Crippen LogP contribution >= 0.6 is 0 Å². The smallest absolute Gasteiger partial charge is 0.471 e. The zero-order valence-corrected chi connectivity index (χ0v) is 21.9. The third kappa shape index (κ3) is 6.01. The number of benzene rings is 1. The number of alkyl halides is 6. The van der Waals surface area contributed by atoms with Crippen LogP contribution in [0.15, 0.2) is 18.2 Å². The minimum absolute atomic E-state index is 0.0122. The molecule has 2 heterocycles. The van der Waals surface area contributed by atoms with Gasteiger partial charge in [-0.15, -0.1) is 0 Å². The molecular weight excluding hydrogens is 550 g/mol. The second-order valence-electron chi connectivity index (χ2n) is 10.5. The molecule has 1 saturated heterocycles. The van der Waals surface area contributed by atoms with Crippen molar-refractivity contribution in [3.8, 4) is 5.75 Å². The first kappa shape index (κ1) is 29.9. The summed E-state index contributed by atoms with van der Waals surface area (Å²) in [7, 11) is 0. The Morgan fingerprint density at radius 1 is 1.07 bits per heavy atom. The van der Waals surface area contributed by atoms with Crippen molar-refractivity contribution >= 4 is 17.8 Å². The molecule has 3 atom stereocenters. The molecule has 0 bridgehead atoms. The quantitative estimate of drug-likeness (QED) is 0.378. The number of ether oxygens (including phenoxy) is 3. The van der Waals surface area contributed by atoms with Crippen molar-refractivity contribution in [1.82, 2.24) is 9.80 Å². The molecule has 222 valence electrons. The van der Waals surface area contributed by atoms with Gasteiger partial charge in [-0.1, -0.05) is 0 Å². The lowest BCUT2D eigenvalue weighted by Gasteiger charge is -2.42. The van der Waals surface area contributed by atoms with Crippen molar-refractivity contribution in [1.29, 1.82) is 0 Å². The van der Waals surface area contributed by atoms with E-state index in [0.29, 0.717) is 0 Å². The van der Waals surface area contributed by atoms with E-state index in [-0.39, 0.29) is 69.9 Å². The first-order chi connectivity index (χ1) is 18.6. The number of rotatable bonds is 5. The van der Waals surface area contributed by atoms with E-state index in [0.717, 1.165) is 34.9 Å². The monoisotopic (exact) mass is 580 g/mol. The van der Waals surface area contributed by atoms with Crippen LogP contribution in [0.5, 0.6) is 5.75 Å². The average Bonchev–Trinajstić information content (AvgIpc) is 3.33. The van der Waals surface area contributed by atoms with Gasteiger partial charge >= 0.3 is 24.2 Å². The second-order valence-corrected chi connectivity index (χ2v) is 10.5. The van der Waals surface area contributed by atoms with E-state index in [9.17, 15) is 40.7 Å². The Morgan fingerprint density at radius 3 is 2.35 bits per heavy atom. The molecule has 3 aliphatic rings. The number of nitrogens with zero attached hydrogens (tertiary/aromatic N) is 2. The summed E-state index contributed by atoms with van der Waals surface area (Å²) < 4.78 is 97.0. The summed E-state index contributed by atoms with van der Waals surface area (Å²) in [5.41, 5.74) is -2.35. The molecule has 0 radical (unpaired) electrons. The highest BCUT2D eigenvalue weighted by molar-refractivity contribution is 5.86. The molecule has 1 saturated carbocycles. The third-order valence-corrected chi connectivity index (χ3v) is 7.94. The van der Waals surface area contributed by atoms with Crippen LogP contribution in [0, 0.1) is 5.41 Å². The summed E-state index contributed by atoms with van der Waals surface area (Å²) >= 11 is 0. The van der Waals surface area contributed by atoms with Gasteiger partial charge in [0.1, 0.15) is 11.9 Å². The minimum atomic E-state index is -5.14. The number of amides is 2. The first-order valence-corrected chi connectivity index (χ1v) is 12.9. The molecule has 2 fully saturated rings. The molecule has 1 aromatic carbocycles. The van der Waals surface area contributed by atoms with Crippen LogP contribution in [0.1, 0.15) is 57.1 Å². The van der Waals surface area contributed by atoms with Crippen molar-refractivity contribution in [3.05, 3.63) is 29.3 Å². The van der Waals surface area contributed by atoms with Crippen LogP contribution in [0.25, 0.3) is 0 Å². The van der Waals surface area contributed by atoms with Gasteiger partial charge < -0.3 is 24.0 Å². The zero-order valence-electron chi connectivity index (χ0n) is 21.9. The Bertz CT molecular complexity index is 1140. The lowest BCUT2D eigenvalue weighted by atomic mass is 9.78. The van der Waals surface area contributed by atoms with Gasteiger partial charge in [-0.25, -0.2) is 0 Å². The topological polar surface area (TPSA) is 85.4 Å². The standard InChI is InChI=1S/C26H30F6N2O6/c1-15(40-16(2)35)24(22(36)33-13-17-11-18(25(27,28)29)3-4-21(17)39-14-33)8-5-20(12-24)34(23(37)26(30,31)32)19-6-9-38-10-7-19/h3-4,11,15,19-20H,5-10,12-14H2,1-2H3/t15-,20-,24+/m1/s1. The Morgan fingerprint density at radius 2 is 1.75 bits per heavy atom. The van der Waals surface area contributed by atoms with Crippen LogP contribution in [-0.4, -0.2) is 71.9 Å². The van der Waals surface area contributed by atoms with Gasteiger partial charge in [0.2, 0.25) is 5.91 Å². The van der Waals surface area contributed by atoms with Crippen LogP contribution in [0.2, 0.25) is 0 Å². The van der Waals surface area contributed by atoms with Crippen LogP contribution in [-0.2, 0) is 36.6 Å². The lowest BCUT2D eigenvalue weighted by molar-refractivity contribution is -0.192. The number of halogens is 6. The Balaban J connectivity index is 1.65. The molecule has 0 N–H and O–H groups in total. The molecule has 8 nitrogen and oxygen atoms in total. The summed E-state index contributed by atoms with van der Waals surface area (Å²) in [5.74, 6) is -3.20.